The molecule has 0 aliphatic carbocycles. The molecule has 2 aromatic carbocycles. The molecule has 2 N–H and O–H groups in total. The largest absolute Gasteiger partial charge is 0.378 e. The van der Waals surface area contributed by atoms with Gasteiger partial charge in [0.05, 0.1) is 35.4 Å². The Labute approximate surface area is 169 Å². The molecular formula is C21H17F2N5O2. The van der Waals surface area contributed by atoms with E-state index in [1.807, 2.05) is 6.07 Å². The second-order valence-corrected chi connectivity index (χ2v) is 7.02. The fourth-order valence-electron chi connectivity index (χ4n) is 3.86. The Balaban J connectivity index is 1.79. The number of imidazole rings is 1. The molecule has 0 saturated carbocycles. The number of hydrogen-bond acceptors (Lipinski definition) is 5. The number of ether oxygens (including phenoxy) is 1. The van der Waals surface area contributed by atoms with Crippen LogP contribution in [0.1, 0.15) is 10.4 Å². The number of morpholine rings is 1. The Morgan fingerprint density at radius 1 is 1.03 bits per heavy atom. The van der Waals surface area contributed by atoms with Crippen molar-refractivity contribution in [1.29, 1.82) is 0 Å². The first-order chi connectivity index (χ1) is 14.5. The van der Waals surface area contributed by atoms with Crippen LogP contribution >= 0.6 is 0 Å². The average molecular weight is 409 g/mol. The number of primary amides is 1. The molecule has 1 aliphatic heterocycles. The van der Waals surface area contributed by atoms with Crippen molar-refractivity contribution in [2.75, 3.05) is 31.2 Å². The van der Waals surface area contributed by atoms with Crippen LogP contribution in [0.4, 0.5) is 14.5 Å². The third kappa shape index (κ3) is 2.86. The summed E-state index contributed by atoms with van der Waals surface area (Å²) in [5.74, 6) is -1.84. The number of nitrogens with zero attached hydrogens (tertiary/aromatic N) is 4. The number of carbonyl (C=O) groups excluding carboxylic acids is 1. The zero-order valence-corrected chi connectivity index (χ0v) is 15.8. The first-order valence-corrected chi connectivity index (χ1v) is 9.41. The normalized spacial score (nSPS) is 14.5. The van der Waals surface area contributed by atoms with Crippen molar-refractivity contribution in [3.05, 3.63) is 60.1 Å². The van der Waals surface area contributed by atoms with Crippen LogP contribution in [0.15, 0.2) is 42.9 Å². The van der Waals surface area contributed by atoms with Crippen LogP contribution in [-0.4, -0.2) is 46.7 Å². The highest BCUT2D eigenvalue weighted by atomic mass is 19.1. The standard InChI is InChI=1S/C21H17F2N5O2/c22-14-1-2-15(23)20-18(14)16(3-4-25-20)28-11-26-19-13(21(24)29)9-12(10-17(19)28)27-5-7-30-8-6-27/h1-4,9-11H,5-8H2,(H2,24,29). The Morgan fingerprint density at radius 3 is 2.57 bits per heavy atom. The van der Waals surface area contributed by atoms with Crippen LogP contribution < -0.4 is 10.6 Å². The first-order valence-electron chi connectivity index (χ1n) is 9.41. The number of amides is 1. The smallest absolute Gasteiger partial charge is 0.251 e. The van der Waals surface area contributed by atoms with Crippen molar-refractivity contribution in [2.24, 2.45) is 5.73 Å². The van der Waals surface area contributed by atoms with E-state index in [9.17, 15) is 13.6 Å². The molecule has 1 saturated heterocycles. The highest BCUT2D eigenvalue weighted by molar-refractivity contribution is 6.06. The zero-order chi connectivity index (χ0) is 20.8. The van der Waals surface area contributed by atoms with Crippen molar-refractivity contribution in [1.82, 2.24) is 14.5 Å². The van der Waals surface area contributed by atoms with Crippen molar-refractivity contribution in [3.63, 3.8) is 0 Å². The molecule has 5 rings (SSSR count). The number of halogens is 2. The predicted molar refractivity (Wildman–Crippen MR) is 108 cm³/mol. The van der Waals surface area contributed by atoms with Crippen LogP contribution in [0.2, 0.25) is 0 Å². The number of carbonyl (C=O) groups is 1. The molecule has 3 heterocycles. The number of hydrogen-bond donors (Lipinski definition) is 1. The molecule has 1 fully saturated rings. The summed E-state index contributed by atoms with van der Waals surface area (Å²) in [5, 5.41) is 0.0363. The molecule has 1 amide bonds. The van der Waals surface area contributed by atoms with Crippen molar-refractivity contribution in [3.8, 4) is 5.69 Å². The van der Waals surface area contributed by atoms with Gasteiger partial charge in [0, 0.05) is 25.0 Å². The maximum Gasteiger partial charge on any atom is 0.251 e. The van der Waals surface area contributed by atoms with Gasteiger partial charge < -0.3 is 15.4 Å². The summed E-state index contributed by atoms with van der Waals surface area (Å²) in [6, 6.07) is 7.26. The first kappa shape index (κ1) is 18.4. The van der Waals surface area contributed by atoms with Crippen LogP contribution in [-0.2, 0) is 4.74 Å². The summed E-state index contributed by atoms with van der Waals surface area (Å²) in [5.41, 5.74) is 7.90. The summed E-state index contributed by atoms with van der Waals surface area (Å²) in [6.07, 6.45) is 2.88. The van der Waals surface area contributed by atoms with E-state index in [-0.39, 0.29) is 16.5 Å². The number of benzene rings is 2. The minimum atomic E-state index is -0.621. The fraction of sp³-hybridized carbons (Fsp3) is 0.190. The van der Waals surface area contributed by atoms with Crippen LogP contribution in [0.25, 0.3) is 27.6 Å². The SMILES string of the molecule is NC(=O)c1cc(N2CCOCC2)cc2c1ncn2-c1ccnc2c(F)ccc(F)c12. The van der Waals surface area contributed by atoms with E-state index in [0.717, 1.165) is 17.8 Å². The van der Waals surface area contributed by atoms with Crippen molar-refractivity contribution < 1.29 is 18.3 Å². The lowest BCUT2D eigenvalue weighted by Crippen LogP contribution is -2.36. The molecule has 0 bridgehead atoms. The van der Waals surface area contributed by atoms with Gasteiger partial charge in [0.1, 0.15) is 29.0 Å². The number of pyridine rings is 1. The van der Waals surface area contributed by atoms with E-state index < -0.39 is 17.5 Å². The molecule has 0 atom stereocenters. The number of rotatable bonds is 3. The van der Waals surface area contributed by atoms with E-state index in [1.165, 1.54) is 12.5 Å². The molecule has 2 aromatic heterocycles. The second kappa shape index (κ2) is 7.03. The molecule has 7 nitrogen and oxygen atoms in total. The predicted octanol–water partition coefficient (Wildman–Crippen LogP) is 2.79. The molecule has 152 valence electrons. The lowest BCUT2D eigenvalue weighted by Gasteiger charge is -2.29. The molecule has 4 aromatic rings. The fourth-order valence-corrected chi connectivity index (χ4v) is 3.86. The number of nitrogens with two attached hydrogens (primary N) is 1. The molecule has 0 spiro atoms. The maximum atomic E-state index is 14.7. The maximum absolute atomic E-state index is 14.7. The molecule has 1 aliphatic rings. The van der Waals surface area contributed by atoms with E-state index in [2.05, 4.69) is 14.9 Å². The van der Waals surface area contributed by atoms with Gasteiger partial charge in [-0.1, -0.05) is 0 Å². The van der Waals surface area contributed by atoms with Gasteiger partial charge in [0.25, 0.3) is 5.91 Å². The van der Waals surface area contributed by atoms with E-state index in [4.69, 9.17) is 10.5 Å². The number of fused-ring (bicyclic) bond motifs is 2. The Hall–Kier alpha value is -3.59. The van der Waals surface area contributed by atoms with Crippen LogP contribution in [0.3, 0.4) is 0 Å². The minimum absolute atomic E-state index is 0.0363. The van der Waals surface area contributed by atoms with Gasteiger partial charge in [0.15, 0.2) is 0 Å². The zero-order valence-electron chi connectivity index (χ0n) is 15.8. The van der Waals surface area contributed by atoms with Crippen LogP contribution in [0.5, 0.6) is 0 Å². The van der Waals surface area contributed by atoms with Gasteiger partial charge in [0.2, 0.25) is 0 Å². The molecular weight excluding hydrogens is 392 g/mol. The van der Waals surface area contributed by atoms with Gasteiger partial charge in [-0.2, -0.15) is 0 Å². The van der Waals surface area contributed by atoms with E-state index in [0.29, 0.717) is 43.0 Å². The topological polar surface area (TPSA) is 86.3 Å². The van der Waals surface area contributed by atoms with Gasteiger partial charge >= 0.3 is 0 Å². The van der Waals surface area contributed by atoms with Gasteiger partial charge in [-0.15, -0.1) is 0 Å². The lowest BCUT2D eigenvalue weighted by atomic mass is 10.1. The van der Waals surface area contributed by atoms with Gasteiger partial charge in [-0.3, -0.25) is 14.3 Å². The number of anilines is 1. The monoisotopic (exact) mass is 409 g/mol. The third-order valence-electron chi connectivity index (χ3n) is 5.31. The van der Waals surface area contributed by atoms with Gasteiger partial charge in [-0.05, 0) is 30.3 Å². The Bertz CT molecular complexity index is 1300. The molecule has 0 unspecified atom stereocenters. The lowest BCUT2D eigenvalue weighted by molar-refractivity contribution is 0.100. The Morgan fingerprint density at radius 2 is 1.80 bits per heavy atom. The van der Waals surface area contributed by atoms with E-state index >= 15 is 0 Å². The second-order valence-electron chi connectivity index (χ2n) is 7.02. The summed E-state index contributed by atoms with van der Waals surface area (Å²) in [4.78, 5) is 22.5. The third-order valence-corrected chi connectivity index (χ3v) is 5.31. The Kier molecular flexibility index (Phi) is 4.32. The molecule has 0 radical (unpaired) electrons. The average Bonchev–Trinajstić information content (AvgIpc) is 3.19. The molecule has 9 heteroatoms. The molecule has 30 heavy (non-hydrogen) atoms. The summed E-state index contributed by atoms with van der Waals surface area (Å²) in [6.45, 7) is 2.47. The highest BCUT2D eigenvalue weighted by Gasteiger charge is 2.20. The van der Waals surface area contributed by atoms with Gasteiger partial charge in [-0.25, -0.2) is 13.8 Å². The summed E-state index contributed by atoms with van der Waals surface area (Å²) < 4.78 is 35.9. The van der Waals surface area contributed by atoms with Crippen molar-refractivity contribution in [2.45, 2.75) is 0 Å². The van der Waals surface area contributed by atoms with Crippen LogP contribution in [0, 0.1) is 11.6 Å². The quantitative estimate of drug-likeness (QED) is 0.562. The summed E-state index contributed by atoms with van der Waals surface area (Å²) >= 11 is 0. The minimum Gasteiger partial charge on any atom is -0.378 e. The summed E-state index contributed by atoms with van der Waals surface area (Å²) in [7, 11) is 0. The van der Waals surface area contributed by atoms with E-state index in [1.54, 1.807) is 16.7 Å². The van der Waals surface area contributed by atoms with Crippen molar-refractivity contribution >= 4 is 33.5 Å². The number of aromatic nitrogens is 3. The highest BCUT2D eigenvalue weighted by Crippen LogP contribution is 2.31.